The highest BCUT2D eigenvalue weighted by Gasteiger charge is 2.20. The molecular formula is C15H18N2OS. The van der Waals surface area contributed by atoms with Crippen molar-refractivity contribution in [3.63, 3.8) is 0 Å². The Bertz CT molecular complexity index is 510. The van der Waals surface area contributed by atoms with E-state index in [9.17, 15) is 4.79 Å². The van der Waals surface area contributed by atoms with Gasteiger partial charge in [-0.1, -0.05) is 43.3 Å². The molecule has 0 radical (unpaired) electrons. The molecule has 19 heavy (non-hydrogen) atoms. The molecule has 2 rings (SSSR count). The quantitative estimate of drug-likeness (QED) is 0.880. The van der Waals surface area contributed by atoms with Crippen molar-refractivity contribution in [2.45, 2.75) is 13.0 Å². The molecule has 2 unspecified atom stereocenters. The monoisotopic (exact) mass is 274 g/mol. The first kappa shape index (κ1) is 13.8. The van der Waals surface area contributed by atoms with Crippen LogP contribution in [0.1, 0.15) is 23.4 Å². The molecule has 1 aromatic heterocycles. The van der Waals surface area contributed by atoms with E-state index in [-0.39, 0.29) is 17.9 Å². The Morgan fingerprint density at radius 2 is 2.00 bits per heavy atom. The highest BCUT2D eigenvalue weighted by molar-refractivity contribution is 7.10. The fraction of sp³-hybridized carbons (Fsp3) is 0.267. The lowest BCUT2D eigenvalue weighted by molar-refractivity contribution is -0.124. The Balaban J connectivity index is 2.24. The minimum atomic E-state index is -0.175. The molecule has 1 amide bonds. The van der Waals surface area contributed by atoms with E-state index in [0.29, 0.717) is 6.54 Å². The number of thiophene rings is 1. The molecule has 1 heterocycles. The van der Waals surface area contributed by atoms with Gasteiger partial charge in [0.2, 0.25) is 5.91 Å². The van der Waals surface area contributed by atoms with E-state index in [1.807, 2.05) is 54.8 Å². The van der Waals surface area contributed by atoms with Gasteiger partial charge in [-0.05, 0) is 17.0 Å². The normalized spacial score (nSPS) is 13.8. The summed E-state index contributed by atoms with van der Waals surface area (Å²) in [5.74, 6) is -0.184. The summed E-state index contributed by atoms with van der Waals surface area (Å²) in [5, 5.41) is 5.10. The lowest BCUT2D eigenvalue weighted by atomic mass is 10.0. The predicted molar refractivity (Wildman–Crippen MR) is 79.0 cm³/mol. The van der Waals surface area contributed by atoms with Gasteiger partial charge in [-0.2, -0.15) is 0 Å². The minimum Gasteiger partial charge on any atom is -0.344 e. The topological polar surface area (TPSA) is 55.1 Å². The molecule has 2 aromatic rings. The van der Waals surface area contributed by atoms with Crippen LogP contribution in [0.2, 0.25) is 0 Å². The van der Waals surface area contributed by atoms with Crippen molar-refractivity contribution in [1.29, 1.82) is 0 Å². The number of benzene rings is 1. The third kappa shape index (κ3) is 3.43. The van der Waals surface area contributed by atoms with Crippen LogP contribution in [0.4, 0.5) is 0 Å². The molecule has 1 aromatic carbocycles. The van der Waals surface area contributed by atoms with Gasteiger partial charge in [0.25, 0.3) is 0 Å². The van der Waals surface area contributed by atoms with Crippen LogP contribution in [0.15, 0.2) is 47.8 Å². The summed E-state index contributed by atoms with van der Waals surface area (Å²) in [6.07, 6.45) is 0. The summed E-state index contributed by atoms with van der Waals surface area (Å²) in [6, 6.07) is 13.9. The van der Waals surface area contributed by atoms with Crippen LogP contribution >= 0.6 is 11.3 Å². The van der Waals surface area contributed by atoms with Crippen molar-refractivity contribution in [3.8, 4) is 0 Å². The largest absolute Gasteiger partial charge is 0.344 e. The minimum absolute atomic E-state index is 0.00949. The number of nitrogens with one attached hydrogen (secondary N) is 1. The molecule has 0 aliphatic rings. The highest BCUT2D eigenvalue weighted by Crippen LogP contribution is 2.26. The van der Waals surface area contributed by atoms with E-state index in [1.165, 1.54) is 0 Å². The Hall–Kier alpha value is -1.65. The molecule has 0 aliphatic carbocycles. The van der Waals surface area contributed by atoms with Crippen LogP contribution in [0, 0.1) is 5.92 Å². The highest BCUT2D eigenvalue weighted by atomic mass is 32.1. The maximum atomic E-state index is 12.1. The van der Waals surface area contributed by atoms with Gasteiger partial charge in [0, 0.05) is 17.3 Å². The van der Waals surface area contributed by atoms with Gasteiger partial charge in [-0.15, -0.1) is 11.3 Å². The first-order valence-corrected chi connectivity index (χ1v) is 7.19. The maximum Gasteiger partial charge on any atom is 0.224 e. The van der Waals surface area contributed by atoms with E-state index in [2.05, 4.69) is 5.32 Å². The number of rotatable bonds is 5. The predicted octanol–water partition coefficient (Wildman–Crippen LogP) is 2.55. The molecule has 100 valence electrons. The van der Waals surface area contributed by atoms with E-state index < -0.39 is 0 Å². The first-order valence-electron chi connectivity index (χ1n) is 6.31. The Morgan fingerprint density at radius 3 is 2.58 bits per heavy atom. The van der Waals surface area contributed by atoms with Crippen molar-refractivity contribution in [2.24, 2.45) is 11.7 Å². The summed E-state index contributed by atoms with van der Waals surface area (Å²) >= 11 is 1.64. The van der Waals surface area contributed by atoms with Crippen LogP contribution in [0.25, 0.3) is 0 Å². The standard InChI is InChI=1S/C15H18N2OS/c1-11(10-16)15(18)17-14(13-8-5-9-19-13)12-6-3-2-4-7-12/h2-9,11,14H,10,16H2,1H3,(H,17,18). The molecule has 3 N–H and O–H groups in total. The summed E-state index contributed by atoms with van der Waals surface area (Å²) < 4.78 is 0. The van der Waals surface area contributed by atoms with E-state index in [0.717, 1.165) is 10.4 Å². The SMILES string of the molecule is CC(CN)C(=O)NC(c1ccccc1)c1cccs1. The fourth-order valence-electron chi connectivity index (χ4n) is 1.81. The Kier molecular flexibility index (Phi) is 4.71. The Morgan fingerprint density at radius 1 is 1.26 bits per heavy atom. The van der Waals surface area contributed by atoms with E-state index >= 15 is 0 Å². The van der Waals surface area contributed by atoms with Gasteiger partial charge < -0.3 is 11.1 Å². The lowest BCUT2D eigenvalue weighted by Gasteiger charge is -2.20. The average molecular weight is 274 g/mol. The van der Waals surface area contributed by atoms with Gasteiger partial charge in [-0.25, -0.2) is 0 Å². The van der Waals surface area contributed by atoms with Gasteiger partial charge in [0.15, 0.2) is 0 Å². The smallest absolute Gasteiger partial charge is 0.224 e. The van der Waals surface area contributed by atoms with Gasteiger partial charge in [0.05, 0.1) is 6.04 Å². The fourth-order valence-corrected chi connectivity index (χ4v) is 2.61. The third-order valence-corrected chi connectivity index (χ3v) is 3.99. The third-order valence-electron chi connectivity index (χ3n) is 3.05. The van der Waals surface area contributed by atoms with Gasteiger partial charge in [-0.3, -0.25) is 4.79 Å². The van der Waals surface area contributed by atoms with Crippen molar-refractivity contribution in [2.75, 3.05) is 6.54 Å². The molecular weight excluding hydrogens is 256 g/mol. The van der Waals surface area contributed by atoms with E-state index in [4.69, 9.17) is 5.73 Å². The van der Waals surface area contributed by atoms with Crippen molar-refractivity contribution in [1.82, 2.24) is 5.32 Å². The lowest BCUT2D eigenvalue weighted by Crippen LogP contribution is -2.36. The zero-order valence-electron chi connectivity index (χ0n) is 10.9. The molecule has 4 heteroatoms. The molecule has 0 fully saturated rings. The second-order valence-corrected chi connectivity index (χ2v) is 5.48. The van der Waals surface area contributed by atoms with E-state index in [1.54, 1.807) is 11.3 Å². The zero-order valence-corrected chi connectivity index (χ0v) is 11.7. The summed E-state index contributed by atoms with van der Waals surface area (Å²) in [5.41, 5.74) is 6.63. The maximum absolute atomic E-state index is 12.1. The summed E-state index contributed by atoms with van der Waals surface area (Å²) in [6.45, 7) is 2.20. The number of carbonyl (C=O) groups excluding carboxylic acids is 1. The number of carbonyl (C=O) groups is 1. The molecule has 0 saturated carbocycles. The van der Waals surface area contributed by atoms with Gasteiger partial charge >= 0.3 is 0 Å². The molecule has 3 nitrogen and oxygen atoms in total. The van der Waals surface area contributed by atoms with Crippen LogP contribution in [-0.4, -0.2) is 12.5 Å². The van der Waals surface area contributed by atoms with Crippen molar-refractivity contribution >= 4 is 17.2 Å². The van der Waals surface area contributed by atoms with Crippen LogP contribution in [-0.2, 0) is 4.79 Å². The second kappa shape index (κ2) is 6.50. The molecule has 0 bridgehead atoms. The summed E-state index contributed by atoms with van der Waals surface area (Å²) in [4.78, 5) is 13.2. The molecule has 0 spiro atoms. The van der Waals surface area contributed by atoms with Gasteiger partial charge in [0.1, 0.15) is 0 Å². The average Bonchev–Trinajstić information content (AvgIpc) is 2.98. The Labute approximate surface area is 117 Å². The van der Waals surface area contributed by atoms with Crippen LogP contribution in [0.3, 0.4) is 0 Å². The first-order chi connectivity index (χ1) is 9.22. The molecule has 2 atom stereocenters. The number of hydrogen-bond donors (Lipinski definition) is 2. The number of amides is 1. The molecule has 0 saturated heterocycles. The molecule has 0 aliphatic heterocycles. The van der Waals surface area contributed by atoms with Crippen LogP contribution in [0.5, 0.6) is 0 Å². The zero-order chi connectivity index (χ0) is 13.7. The second-order valence-electron chi connectivity index (χ2n) is 4.50. The van der Waals surface area contributed by atoms with Crippen molar-refractivity contribution < 1.29 is 4.79 Å². The van der Waals surface area contributed by atoms with Crippen LogP contribution < -0.4 is 11.1 Å². The number of hydrogen-bond acceptors (Lipinski definition) is 3. The number of nitrogens with two attached hydrogens (primary N) is 1. The summed E-state index contributed by atoms with van der Waals surface area (Å²) in [7, 11) is 0. The van der Waals surface area contributed by atoms with Crippen molar-refractivity contribution in [3.05, 3.63) is 58.3 Å².